The minimum atomic E-state index is -3.13. The molecule has 0 spiro atoms. The van der Waals surface area contributed by atoms with Gasteiger partial charge in [0.2, 0.25) is 0 Å². The first-order valence-electron chi connectivity index (χ1n) is 10.1. The largest absolute Gasteiger partial charge is 0.355 e. The van der Waals surface area contributed by atoms with Crippen molar-refractivity contribution in [3.63, 3.8) is 0 Å². The molecule has 7 heteroatoms. The predicted molar refractivity (Wildman–Crippen MR) is 115 cm³/mol. The lowest BCUT2D eigenvalue weighted by atomic mass is 10.1. The van der Waals surface area contributed by atoms with E-state index in [0.717, 1.165) is 17.5 Å². The highest BCUT2D eigenvalue weighted by Crippen LogP contribution is 2.25. The fraction of sp³-hybridized carbons (Fsp3) is 0.304. The lowest BCUT2D eigenvalue weighted by Gasteiger charge is -2.27. The molecule has 1 fully saturated rings. The number of hydrogen-bond acceptors (Lipinski definition) is 5. The summed E-state index contributed by atoms with van der Waals surface area (Å²) in [6.07, 6.45) is 1.37. The van der Waals surface area contributed by atoms with Gasteiger partial charge in [0, 0.05) is 24.2 Å². The summed E-state index contributed by atoms with van der Waals surface area (Å²) in [4.78, 5) is 14.9. The van der Waals surface area contributed by atoms with Gasteiger partial charge < -0.3 is 9.42 Å². The van der Waals surface area contributed by atoms with Gasteiger partial charge in [-0.05, 0) is 24.0 Å². The zero-order chi connectivity index (χ0) is 21.1. The molecule has 1 aromatic heterocycles. The summed E-state index contributed by atoms with van der Waals surface area (Å²) >= 11 is 0. The molecular weight excluding hydrogens is 400 g/mol. The number of carbonyl (C=O) groups is 1. The molecule has 0 bridgehead atoms. The Labute approximate surface area is 176 Å². The highest BCUT2D eigenvalue weighted by Gasteiger charge is 2.36. The Hall–Kier alpha value is -2.93. The molecule has 156 valence electrons. The first-order chi connectivity index (χ1) is 14.4. The summed E-state index contributed by atoms with van der Waals surface area (Å²) in [7, 11) is -3.13. The Morgan fingerprint density at radius 3 is 2.43 bits per heavy atom. The number of rotatable bonds is 6. The number of carbonyl (C=O) groups excluding carboxylic acids is 1. The molecular formula is C23H24N2O4S. The Kier molecular flexibility index (Phi) is 5.72. The molecule has 1 atom stereocenters. The maximum absolute atomic E-state index is 13.3. The number of aryl methyl sites for hydroxylation is 1. The molecule has 30 heavy (non-hydrogen) atoms. The van der Waals surface area contributed by atoms with Crippen molar-refractivity contribution in [2.45, 2.75) is 32.4 Å². The van der Waals surface area contributed by atoms with E-state index in [2.05, 4.69) is 12.1 Å². The number of nitrogens with zero attached hydrogens (tertiary/aromatic N) is 2. The molecule has 2 heterocycles. The van der Waals surface area contributed by atoms with Gasteiger partial charge in [-0.1, -0.05) is 66.7 Å². The van der Waals surface area contributed by atoms with Crippen LogP contribution in [0.15, 0.2) is 65.2 Å². The molecule has 1 unspecified atom stereocenters. The van der Waals surface area contributed by atoms with E-state index < -0.39 is 9.84 Å². The van der Waals surface area contributed by atoms with Crippen molar-refractivity contribution < 1.29 is 17.7 Å². The number of hydrogen-bond donors (Lipinski definition) is 0. The van der Waals surface area contributed by atoms with Gasteiger partial charge in [-0.2, -0.15) is 0 Å². The van der Waals surface area contributed by atoms with Gasteiger partial charge in [0.1, 0.15) is 0 Å². The average molecular weight is 425 g/mol. The van der Waals surface area contributed by atoms with Crippen molar-refractivity contribution in [3.05, 3.63) is 77.5 Å². The highest BCUT2D eigenvalue weighted by molar-refractivity contribution is 7.91. The van der Waals surface area contributed by atoms with Crippen LogP contribution in [0.5, 0.6) is 0 Å². The average Bonchev–Trinajstić information content (AvgIpc) is 3.39. The molecule has 0 aliphatic carbocycles. The molecule has 1 aliphatic rings. The van der Waals surface area contributed by atoms with Crippen LogP contribution in [-0.2, 0) is 22.8 Å². The van der Waals surface area contributed by atoms with E-state index in [4.69, 9.17) is 4.52 Å². The lowest BCUT2D eigenvalue weighted by molar-refractivity contribution is 0.0670. The monoisotopic (exact) mass is 424 g/mol. The summed E-state index contributed by atoms with van der Waals surface area (Å²) in [5.74, 6) is 0.271. The van der Waals surface area contributed by atoms with Gasteiger partial charge >= 0.3 is 0 Å². The Morgan fingerprint density at radius 1 is 1.10 bits per heavy atom. The molecule has 4 rings (SSSR count). The van der Waals surface area contributed by atoms with Crippen molar-refractivity contribution in [2.75, 3.05) is 11.5 Å². The van der Waals surface area contributed by atoms with Crippen LogP contribution in [0.3, 0.4) is 0 Å². The van der Waals surface area contributed by atoms with Gasteiger partial charge in [-0.3, -0.25) is 4.79 Å². The molecule has 6 nitrogen and oxygen atoms in total. The first-order valence-corrected chi connectivity index (χ1v) is 11.9. The zero-order valence-corrected chi connectivity index (χ0v) is 17.6. The topological polar surface area (TPSA) is 80.5 Å². The van der Waals surface area contributed by atoms with Gasteiger partial charge in [0.25, 0.3) is 5.91 Å². The molecule has 0 N–H and O–H groups in total. The summed E-state index contributed by atoms with van der Waals surface area (Å²) in [5.41, 5.74) is 3.18. The fourth-order valence-corrected chi connectivity index (χ4v) is 5.46. The number of benzene rings is 2. The van der Waals surface area contributed by atoms with Crippen molar-refractivity contribution >= 4 is 15.7 Å². The molecule has 2 aromatic carbocycles. The minimum absolute atomic E-state index is 0.0187. The molecule has 3 aromatic rings. The smallest absolute Gasteiger partial charge is 0.276 e. The number of aromatic nitrogens is 1. The van der Waals surface area contributed by atoms with Crippen LogP contribution in [-0.4, -0.2) is 41.9 Å². The van der Waals surface area contributed by atoms with Crippen molar-refractivity contribution in [2.24, 2.45) is 0 Å². The second-order valence-corrected chi connectivity index (χ2v) is 9.83. The van der Waals surface area contributed by atoms with E-state index in [1.54, 1.807) is 11.0 Å². The van der Waals surface area contributed by atoms with Gasteiger partial charge in [0.05, 0.1) is 11.5 Å². The first kappa shape index (κ1) is 20.3. The lowest BCUT2D eigenvalue weighted by Crippen LogP contribution is -2.40. The SMILES string of the molecule is CCc1ccc(CN(C(=O)c2cc(-c3ccccc3)on2)C2CCS(=O)(=O)C2)cc1. The normalized spacial score (nSPS) is 17.7. The maximum Gasteiger partial charge on any atom is 0.276 e. The summed E-state index contributed by atoms with van der Waals surface area (Å²) < 4.78 is 29.5. The maximum atomic E-state index is 13.3. The van der Waals surface area contributed by atoms with E-state index >= 15 is 0 Å². The van der Waals surface area contributed by atoms with E-state index in [0.29, 0.717) is 18.7 Å². The third-order valence-electron chi connectivity index (χ3n) is 5.48. The molecule has 1 saturated heterocycles. The zero-order valence-electron chi connectivity index (χ0n) is 16.8. The van der Waals surface area contributed by atoms with Crippen LogP contribution < -0.4 is 0 Å². The van der Waals surface area contributed by atoms with Gasteiger partial charge in [-0.15, -0.1) is 0 Å². The van der Waals surface area contributed by atoms with E-state index in [-0.39, 0.29) is 29.1 Å². The third kappa shape index (κ3) is 4.46. The van der Waals surface area contributed by atoms with Crippen molar-refractivity contribution in [3.8, 4) is 11.3 Å². The number of amides is 1. The molecule has 1 amide bonds. The van der Waals surface area contributed by atoms with Crippen LogP contribution in [0.2, 0.25) is 0 Å². The van der Waals surface area contributed by atoms with E-state index in [1.165, 1.54) is 5.56 Å². The second-order valence-electron chi connectivity index (χ2n) is 7.60. The number of sulfone groups is 1. The Bertz CT molecular complexity index is 1120. The van der Waals surface area contributed by atoms with Crippen LogP contribution in [0.1, 0.15) is 35.0 Å². The quantitative estimate of drug-likeness (QED) is 0.602. The highest BCUT2D eigenvalue weighted by atomic mass is 32.2. The van der Waals surface area contributed by atoms with E-state index in [1.807, 2.05) is 54.6 Å². The van der Waals surface area contributed by atoms with Crippen LogP contribution >= 0.6 is 0 Å². The minimum Gasteiger partial charge on any atom is -0.355 e. The van der Waals surface area contributed by atoms with Crippen LogP contribution in [0.4, 0.5) is 0 Å². The van der Waals surface area contributed by atoms with Gasteiger partial charge in [-0.25, -0.2) is 8.42 Å². The molecule has 1 aliphatic heterocycles. The summed E-state index contributed by atoms with van der Waals surface area (Å²) in [5, 5.41) is 3.97. The fourth-order valence-electron chi connectivity index (χ4n) is 3.73. The predicted octanol–water partition coefficient (Wildman–Crippen LogP) is 3.73. The van der Waals surface area contributed by atoms with Crippen LogP contribution in [0, 0.1) is 0 Å². The summed E-state index contributed by atoms with van der Waals surface area (Å²) in [6.45, 7) is 2.42. The summed E-state index contributed by atoms with van der Waals surface area (Å²) in [6, 6.07) is 18.7. The van der Waals surface area contributed by atoms with Gasteiger partial charge in [0.15, 0.2) is 21.3 Å². The van der Waals surface area contributed by atoms with E-state index in [9.17, 15) is 13.2 Å². The molecule has 0 radical (unpaired) electrons. The molecule has 0 saturated carbocycles. The van der Waals surface area contributed by atoms with Crippen molar-refractivity contribution in [1.29, 1.82) is 0 Å². The Balaban J connectivity index is 1.61. The Morgan fingerprint density at radius 2 is 1.80 bits per heavy atom. The van der Waals surface area contributed by atoms with Crippen molar-refractivity contribution in [1.82, 2.24) is 10.1 Å². The second kappa shape index (κ2) is 8.44. The van der Waals surface area contributed by atoms with Crippen LogP contribution in [0.25, 0.3) is 11.3 Å². The standard InChI is InChI=1S/C23H24N2O4S/c1-2-17-8-10-18(11-9-17)15-25(20-12-13-30(27,28)16-20)23(26)21-14-22(29-24-21)19-6-4-3-5-7-19/h3-11,14,20H,2,12-13,15-16H2,1H3. The third-order valence-corrected chi connectivity index (χ3v) is 7.23.